The Morgan fingerprint density at radius 1 is 0.912 bits per heavy atom. The van der Waals surface area contributed by atoms with Crippen LogP contribution >= 0.6 is 0 Å². The zero-order valence-electron chi connectivity index (χ0n) is 19.3. The second-order valence-electron chi connectivity index (χ2n) is 9.77. The standard InChI is InChI=1S/C27H30F6O/c1-2-3-4-16-5-7-17(8-6-16)18-9-11-21(23(28)14-18)19-10-12-22-20(13-19)15-24(29)26(25(22)30)34-27(31,32)33/h9,11,14-17,19H,2-8,10,12-13H2,1H3. The average molecular weight is 485 g/mol. The van der Waals surface area contributed by atoms with E-state index >= 15 is 4.39 Å². The van der Waals surface area contributed by atoms with Gasteiger partial charge in [0.25, 0.3) is 0 Å². The Morgan fingerprint density at radius 3 is 2.29 bits per heavy atom. The van der Waals surface area contributed by atoms with Crippen molar-refractivity contribution in [1.29, 1.82) is 0 Å². The van der Waals surface area contributed by atoms with Gasteiger partial charge in [-0.25, -0.2) is 13.2 Å². The largest absolute Gasteiger partial charge is 0.573 e. The maximum atomic E-state index is 15.1. The van der Waals surface area contributed by atoms with E-state index in [1.807, 2.05) is 6.07 Å². The zero-order valence-corrected chi connectivity index (χ0v) is 19.3. The van der Waals surface area contributed by atoms with Gasteiger partial charge >= 0.3 is 6.36 Å². The van der Waals surface area contributed by atoms with Crippen molar-refractivity contribution in [2.45, 2.75) is 89.3 Å². The average Bonchev–Trinajstić information content (AvgIpc) is 2.80. The summed E-state index contributed by atoms with van der Waals surface area (Å²) in [7, 11) is 0. The van der Waals surface area contributed by atoms with Gasteiger partial charge < -0.3 is 4.74 Å². The quantitative estimate of drug-likeness (QED) is 0.373. The van der Waals surface area contributed by atoms with Gasteiger partial charge in [-0.3, -0.25) is 0 Å². The molecule has 0 spiro atoms. The smallest absolute Gasteiger partial charge is 0.399 e. The van der Waals surface area contributed by atoms with E-state index in [1.54, 1.807) is 12.1 Å². The Hall–Kier alpha value is -2.18. The van der Waals surface area contributed by atoms with Crippen LogP contribution in [0.4, 0.5) is 26.3 Å². The number of benzene rings is 2. The Labute approximate surface area is 196 Å². The zero-order chi connectivity index (χ0) is 24.5. The Morgan fingerprint density at radius 2 is 1.65 bits per heavy atom. The summed E-state index contributed by atoms with van der Waals surface area (Å²) >= 11 is 0. The molecule has 0 heterocycles. The van der Waals surface area contributed by atoms with Crippen LogP contribution in [0.15, 0.2) is 24.3 Å². The maximum absolute atomic E-state index is 15.1. The van der Waals surface area contributed by atoms with E-state index in [0.29, 0.717) is 17.9 Å². The minimum atomic E-state index is -5.19. The van der Waals surface area contributed by atoms with Crippen molar-refractivity contribution in [1.82, 2.24) is 0 Å². The molecular formula is C27H30F6O. The van der Waals surface area contributed by atoms with Gasteiger partial charge in [0, 0.05) is 0 Å². The first-order chi connectivity index (χ1) is 16.2. The van der Waals surface area contributed by atoms with E-state index < -0.39 is 23.7 Å². The predicted molar refractivity (Wildman–Crippen MR) is 118 cm³/mol. The van der Waals surface area contributed by atoms with Crippen molar-refractivity contribution >= 4 is 0 Å². The first-order valence-electron chi connectivity index (χ1n) is 12.2. The highest BCUT2D eigenvalue weighted by Crippen LogP contribution is 2.42. The van der Waals surface area contributed by atoms with Crippen LogP contribution in [0.1, 0.15) is 92.4 Å². The summed E-state index contributed by atoms with van der Waals surface area (Å²) in [4.78, 5) is 0. The lowest BCUT2D eigenvalue weighted by atomic mass is 9.76. The lowest BCUT2D eigenvalue weighted by Gasteiger charge is -2.30. The summed E-state index contributed by atoms with van der Waals surface area (Å²) in [5.41, 5.74) is 1.75. The van der Waals surface area contributed by atoms with Crippen LogP contribution in [-0.4, -0.2) is 6.36 Å². The molecule has 34 heavy (non-hydrogen) atoms. The molecule has 186 valence electrons. The van der Waals surface area contributed by atoms with Crippen molar-refractivity contribution in [3.05, 3.63) is 64.0 Å². The summed E-state index contributed by atoms with van der Waals surface area (Å²) in [6.07, 6.45) is 3.62. The second-order valence-corrected chi connectivity index (χ2v) is 9.77. The summed E-state index contributed by atoms with van der Waals surface area (Å²) < 4.78 is 84.9. The second kappa shape index (κ2) is 10.2. The van der Waals surface area contributed by atoms with Crippen LogP contribution in [0.25, 0.3) is 0 Å². The van der Waals surface area contributed by atoms with Crippen LogP contribution in [0.3, 0.4) is 0 Å². The van der Waals surface area contributed by atoms with E-state index in [0.717, 1.165) is 30.4 Å². The third-order valence-electron chi connectivity index (χ3n) is 7.55. The van der Waals surface area contributed by atoms with Crippen molar-refractivity contribution in [3.8, 4) is 5.75 Å². The van der Waals surface area contributed by atoms with E-state index in [-0.39, 0.29) is 35.7 Å². The lowest BCUT2D eigenvalue weighted by molar-refractivity contribution is -0.276. The summed E-state index contributed by atoms with van der Waals surface area (Å²) in [5, 5.41) is 0. The highest BCUT2D eigenvalue weighted by Gasteiger charge is 2.36. The highest BCUT2D eigenvalue weighted by molar-refractivity contribution is 5.43. The monoisotopic (exact) mass is 484 g/mol. The van der Waals surface area contributed by atoms with Crippen LogP contribution in [0.2, 0.25) is 0 Å². The fourth-order valence-corrected chi connectivity index (χ4v) is 5.71. The van der Waals surface area contributed by atoms with Crippen molar-refractivity contribution in [2.24, 2.45) is 5.92 Å². The molecule has 1 atom stereocenters. The van der Waals surface area contributed by atoms with Crippen LogP contribution < -0.4 is 4.74 Å². The Balaban J connectivity index is 1.47. The maximum Gasteiger partial charge on any atom is 0.573 e. The molecule has 1 saturated carbocycles. The molecule has 0 aromatic heterocycles. The van der Waals surface area contributed by atoms with Crippen LogP contribution in [0, 0.1) is 23.4 Å². The number of ether oxygens (including phenoxy) is 1. The summed E-state index contributed by atoms with van der Waals surface area (Å²) in [6.45, 7) is 2.20. The van der Waals surface area contributed by atoms with Crippen LogP contribution in [-0.2, 0) is 12.8 Å². The fourth-order valence-electron chi connectivity index (χ4n) is 5.71. The molecule has 0 aliphatic heterocycles. The summed E-state index contributed by atoms with van der Waals surface area (Å²) in [6, 6.07) is 6.22. The first kappa shape index (κ1) is 24.9. The third kappa shape index (κ3) is 5.55. The molecule has 1 fully saturated rings. The van der Waals surface area contributed by atoms with Crippen molar-refractivity contribution in [3.63, 3.8) is 0 Å². The van der Waals surface area contributed by atoms with Crippen molar-refractivity contribution in [2.75, 3.05) is 0 Å². The predicted octanol–water partition coefficient (Wildman–Crippen LogP) is 8.74. The van der Waals surface area contributed by atoms with E-state index in [9.17, 15) is 22.0 Å². The minimum absolute atomic E-state index is 0.00811. The molecule has 2 aromatic rings. The lowest BCUT2D eigenvalue weighted by Crippen LogP contribution is -2.21. The molecule has 0 radical (unpaired) electrons. The van der Waals surface area contributed by atoms with Gasteiger partial charge in [-0.2, -0.15) is 0 Å². The third-order valence-corrected chi connectivity index (χ3v) is 7.55. The van der Waals surface area contributed by atoms with E-state index in [2.05, 4.69) is 11.7 Å². The molecule has 2 aliphatic rings. The number of unbranched alkanes of at least 4 members (excludes halogenated alkanes) is 1. The molecular weight excluding hydrogens is 454 g/mol. The molecule has 7 heteroatoms. The number of fused-ring (bicyclic) bond motifs is 1. The molecule has 2 aliphatic carbocycles. The Kier molecular flexibility index (Phi) is 7.48. The van der Waals surface area contributed by atoms with Gasteiger partial charge in [0.1, 0.15) is 5.82 Å². The minimum Gasteiger partial charge on any atom is -0.399 e. The molecule has 0 amide bonds. The van der Waals surface area contributed by atoms with Gasteiger partial charge in [-0.1, -0.05) is 38.3 Å². The number of rotatable bonds is 6. The Bertz CT molecular complexity index is 1010. The van der Waals surface area contributed by atoms with Gasteiger partial charge in [0.15, 0.2) is 11.6 Å². The molecule has 0 saturated heterocycles. The van der Waals surface area contributed by atoms with Gasteiger partial charge in [0.05, 0.1) is 0 Å². The van der Waals surface area contributed by atoms with Gasteiger partial charge in [-0.05, 0) is 97.1 Å². The molecule has 0 bridgehead atoms. The molecule has 4 rings (SSSR count). The van der Waals surface area contributed by atoms with E-state index in [1.165, 1.54) is 32.1 Å². The number of hydrogen-bond donors (Lipinski definition) is 0. The topological polar surface area (TPSA) is 9.23 Å². The first-order valence-corrected chi connectivity index (χ1v) is 12.2. The van der Waals surface area contributed by atoms with Crippen molar-refractivity contribution < 1.29 is 31.1 Å². The highest BCUT2D eigenvalue weighted by atomic mass is 19.4. The van der Waals surface area contributed by atoms with Crippen LogP contribution in [0.5, 0.6) is 5.75 Å². The number of hydrogen-bond acceptors (Lipinski definition) is 1. The number of halogens is 6. The normalized spacial score (nSPS) is 23.0. The molecule has 1 unspecified atom stereocenters. The molecule has 2 aromatic carbocycles. The molecule has 0 N–H and O–H groups in total. The summed E-state index contributed by atoms with van der Waals surface area (Å²) in [5.74, 6) is -3.65. The van der Waals surface area contributed by atoms with Gasteiger partial charge in [0.2, 0.25) is 5.75 Å². The van der Waals surface area contributed by atoms with Gasteiger partial charge in [-0.15, -0.1) is 13.2 Å². The fraction of sp³-hybridized carbons (Fsp3) is 0.556. The van der Waals surface area contributed by atoms with E-state index in [4.69, 9.17) is 0 Å². The molecule has 1 nitrogen and oxygen atoms in total. The SMILES string of the molecule is CCCCC1CCC(c2ccc(C3CCc4c(cc(F)c(OC(F)(F)F)c4F)C3)c(F)c2)CC1. The number of alkyl halides is 3.